The molecular weight excluding hydrogens is 488 g/mol. The van der Waals surface area contributed by atoms with Gasteiger partial charge in [0, 0.05) is 13.1 Å². The molecule has 38 heavy (non-hydrogen) atoms. The quantitative estimate of drug-likeness (QED) is 0.608. The Bertz CT molecular complexity index is 1420. The van der Waals surface area contributed by atoms with Gasteiger partial charge < -0.3 is 24.8 Å². The molecule has 0 saturated heterocycles. The molecule has 0 radical (unpaired) electrons. The van der Waals surface area contributed by atoms with Gasteiger partial charge in [-0.05, 0) is 31.5 Å². The van der Waals surface area contributed by atoms with Crippen molar-refractivity contribution in [3.63, 3.8) is 0 Å². The molecule has 1 unspecified atom stereocenters. The van der Waals surface area contributed by atoms with Crippen LogP contribution in [-0.4, -0.2) is 45.7 Å². The maximum atomic E-state index is 13.2. The van der Waals surface area contributed by atoms with E-state index in [1.807, 2.05) is 0 Å². The van der Waals surface area contributed by atoms with Crippen LogP contribution in [0, 0.1) is 16.7 Å². The molecule has 0 spiro atoms. The van der Waals surface area contributed by atoms with E-state index in [0.29, 0.717) is 22.7 Å². The van der Waals surface area contributed by atoms with Crippen molar-refractivity contribution in [2.24, 2.45) is 11.1 Å². The molecule has 2 heterocycles. The van der Waals surface area contributed by atoms with Crippen LogP contribution in [0.1, 0.15) is 25.3 Å². The van der Waals surface area contributed by atoms with Crippen LogP contribution in [0.15, 0.2) is 71.2 Å². The number of carbonyl (C=O) groups is 3. The zero-order chi connectivity index (χ0) is 27.8. The van der Waals surface area contributed by atoms with E-state index in [-0.39, 0.29) is 35.2 Å². The zero-order valence-corrected chi connectivity index (χ0v) is 21.8. The Morgan fingerprint density at radius 1 is 1.11 bits per heavy atom. The van der Waals surface area contributed by atoms with Crippen LogP contribution >= 0.6 is 0 Å². The van der Waals surface area contributed by atoms with E-state index in [0.717, 1.165) is 0 Å². The Morgan fingerprint density at radius 3 is 2.37 bits per heavy atom. The predicted molar refractivity (Wildman–Crippen MR) is 139 cm³/mol. The van der Waals surface area contributed by atoms with Crippen LogP contribution in [0.5, 0.6) is 5.75 Å². The highest BCUT2D eigenvalue weighted by atomic mass is 16.5. The largest absolute Gasteiger partial charge is 0.490 e. The second-order valence-electron chi connectivity index (χ2n) is 9.52. The summed E-state index contributed by atoms with van der Waals surface area (Å²) in [5.41, 5.74) is 6.96. The summed E-state index contributed by atoms with van der Waals surface area (Å²) in [6.07, 6.45) is 0. The highest BCUT2D eigenvalue weighted by molar-refractivity contribution is 6.06. The molecule has 4 rings (SSSR count). The lowest BCUT2D eigenvalue weighted by Gasteiger charge is -2.36. The normalized spacial score (nSPS) is 18.7. The highest BCUT2D eigenvalue weighted by Crippen LogP contribution is 2.45. The number of nitriles is 1. The van der Waals surface area contributed by atoms with Crippen molar-refractivity contribution in [3.05, 3.63) is 76.8 Å². The summed E-state index contributed by atoms with van der Waals surface area (Å²) in [4.78, 5) is 42.1. The molecule has 1 atom stereocenters. The number of rotatable bonds is 4. The van der Waals surface area contributed by atoms with Gasteiger partial charge in [0.25, 0.3) is 0 Å². The summed E-state index contributed by atoms with van der Waals surface area (Å²) in [5, 5.41) is 10.2. The van der Waals surface area contributed by atoms with Gasteiger partial charge in [-0.15, -0.1) is 0 Å². The maximum Gasteiger partial charge on any atom is 0.355 e. The third-order valence-corrected chi connectivity index (χ3v) is 6.65. The van der Waals surface area contributed by atoms with Crippen molar-refractivity contribution in [1.82, 2.24) is 0 Å². The van der Waals surface area contributed by atoms with Crippen molar-refractivity contribution in [1.29, 1.82) is 5.26 Å². The summed E-state index contributed by atoms with van der Waals surface area (Å²) in [7, 11) is 4.03. The Labute approximate surface area is 220 Å². The van der Waals surface area contributed by atoms with Crippen molar-refractivity contribution < 1.29 is 28.6 Å². The summed E-state index contributed by atoms with van der Waals surface area (Å²) >= 11 is 0. The van der Waals surface area contributed by atoms with Gasteiger partial charge in [-0.2, -0.15) is 5.26 Å². The molecule has 2 aromatic carbocycles. The highest BCUT2D eigenvalue weighted by Gasteiger charge is 2.43. The van der Waals surface area contributed by atoms with Gasteiger partial charge in [-0.3, -0.25) is 9.69 Å². The number of nitrogens with zero attached hydrogens (tertiary/aromatic N) is 3. The number of nitrogens with two attached hydrogens (primary N) is 1. The van der Waals surface area contributed by atoms with Gasteiger partial charge in [0.2, 0.25) is 5.91 Å². The van der Waals surface area contributed by atoms with Gasteiger partial charge in [0.15, 0.2) is 0 Å². The standard InChI is InChI=1S/C28H28N4O6/c1-28(2)15-38-20-13-17(11-12-19(20)31(3)27(28)35)32-23(26(34)37-5)22(25(33)36-4)21(18(14-29)24(32)30)16-9-7-6-8-10-16/h6-13,21H,15,30H2,1-5H3. The first-order valence-corrected chi connectivity index (χ1v) is 11.8. The lowest BCUT2D eigenvalue weighted by Crippen LogP contribution is -2.40. The molecule has 10 heteroatoms. The number of hydrogen-bond acceptors (Lipinski definition) is 9. The van der Waals surface area contributed by atoms with Gasteiger partial charge in [-0.25, -0.2) is 9.59 Å². The van der Waals surface area contributed by atoms with E-state index in [4.69, 9.17) is 19.9 Å². The number of methoxy groups -OCH3 is 2. The number of amides is 1. The number of ether oxygens (including phenoxy) is 3. The van der Waals surface area contributed by atoms with Crippen molar-refractivity contribution in [2.75, 3.05) is 37.7 Å². The fourth-order valence-electron chi connectivity index (χ4n) is 4.70. The molecule has 196 valence electrons. The van der Waals surface area contributed by atoms with Crippen molar-refractivity contribution in [2.45, 2.75) is 19.8 Å². The number of benzene rings is 2. The average molecular weight is 517 g/mol. The van der Waals surface area contributed by atoms with Crippen molar-refractivity contribution >= 4 is 29.2 Å². The van der Waals surface area contributed by atoms with Crippen LogP contribution in [0.3, 0.4) is 0 Å². The lowest BCUT2D eigenvalue weighted by molar-refractivity contribution is -0.139. The van der Waals surface area contributed by atoms with E-state index >= 15 is 0 Å². The Hall–Kier alpha value is -4.78. The summed E-state index contributed by atoms with van der Waals surface area (Å²) in [5.74, 6) is -2.46. The first-order valence-electron chi connectivity index (χ1n) is 11.8. The van der Waals surface area contributed by atoms with Crippen LogP contribution in [0.2, 0.25) is 0 Å². The number of fused-ring (bicyclic) bond motifs is 1. The monoisotopic (exact) mass is 516 g/mol. The van der Waals surface area contributed by atoms with E-state index in [1.54, 1.807) is 69.4 Å². The third kappa shape index (κ3) is 4.22. The Morgan fingerprint density at radius 2 is 1.76 bits per heavy atom. The molecule has 2 aromatic rings. The summed E-state index contributed by atoms with van der Waals surface area (Å²) in [6, 6.07) is 15.7. The minimum absolute atomic E-state index is 0.0496. The molecule has 2 aliphatic rings. The third-order valence-electron chi connectivity index (χ3n) is 6.65. The Kier molecular flexibility index (Phi) is 6.87. The molecule has 0 saturated carbocycles. The molecule has 0 bridgehead atoms. The predicted octanol–water partition coefficient (Wildman–Crippen LogP) is 2.97. The second kappa shape index (κ2) is 9.94. The van der Waals surface area contributed by atoms with Crippen LogP contribution in [-0.2, 0) is 23.9 Å². The van der Waals surface area contributed by atoms with Gasteiger partial charge in [0.05, 0.1) is 54.1 Å². The molecule has 10 nitrogen and oxygen atoms in total. The van der Waals surface area contributed by atoms with E-state index in [9.17, 15) is 19.6 Å². The number of hydrogen-bond donors (Lipinski definition) is 1. The van der Waals surface area contributed by atoms with Gasteiger partial charge in [-0.1, -0.05) is 30.3 Å². The van der Waals surface area contributed by atoms with E-state index in [2.05, 4.69) is 6.07 Å². The topological polar surface area (TPSA) is 135 Å². The Balaban J connectivity index is 1.99. The fraction of sp³-hybridized carbons (Fsp3) is 0.286. The van der Waals surface area contributed by atoms with Crippen LogP contribution in [0.25, 0.3) is 0 Å². The van der Waals surface area contributed by atoms with Crippen LogP contribution in [0.4, 0.5) is 11.4 Å². The molecule has 2 N–H and O–H groups in total. The SMILES string of the molecule is COC(=O)C1=C(C(=O)OC)N(c2ccc3c(c2)OCC(C)(C)C(=O)N3C)C(N)=C(C#N)C1c1ccccc1. The summed E-state index contributed by atoms with van der Waals surface area (Å²) in [6.45, 7) is 3.69. The van der Waals surface area contributed by atoms with E-state index < -0.39 is 23.3 Å². The first-order chi connectivity index (χ1) is 18.1. The summed E-state index contributed by atoms with van der Waals surface area (Å²) < 4.78 is 16.1. The minimum atomic E-state index is -0.972. The number of esters is 2. The molecule has 2 aliphatic heterocycles. The molecule has 1 amide bonds. The maximum absolute atomic E-state index is 13.2. The van der Waals surface area contributed by atoms with Gasteiger partial charge >= 0.3 is 11.9 Å². The van der Waals surface area contributed by atoms with Gasteiger partial charge in [0.1, 0.15) is 23.9 Å². The molecule has 0 aliphatic carbocycles. The smallest absolute Gasteiger partial charge is 0.355 e. The number of anilines is 2. The average Bonchev–Trinajstić information content (AvgIpc) is 3.01. The molecule has 0 fully saturated rings. The minimum Gasteiger partial charge on any atom is -0.490 e. The zero-order valence-electron chi connectivity index (χ0n) is 21.8. The fourth-order valence-corrected chi connectivity index (χ4v) is 4.70. The second-order valence-corrected chi connectivity index (χ2v) is 9.52. The van der Waals surface area contributed by atoms with Crippen LogP contribution < -0.4 is 20.3 Å². The van der Waals surface area contributed by atoms with Crippen molar-refractivity contribution in [3.8, 4) is 11.8 Å². The number of allylic oxidation sites excluding steroid dienone is 1. The van der Waals surface area contributed by atoms with E-state index in [1.165, 1.54) is 24.0 Å². The first kappa shape index (κ1) is 26.3. The molecular formula is C28H28N4O6. The molecule has 0 aromatic heterocycles. The lowest BCUT2D eigenvalue weighted by atomic mass is 9.81. The number of carbonyl (C=O) groups excluding carboxylic acids is 3.